The molecule has 0 aliphatic carbocycles. The van der Waals surface area contributed by atoms with E-state index in [1.165, 1.54) is 11.3 Å². The van der Waals surface area contributed by atoms with Gasteiger partial charge in [0.05, 0.1) is 0 Å². The van der Waals surface area contributed by atoms with Crippen LogP contribution in [0.1, 0.15) is 50.5 Å². The number of piperidine rings is 1. The Kier molecular flexibility index (Phi) is 5.27. The van der Waals surface area contributed by atoms with E-state index in [9.17, 15) is 4.79 Å². The predicted molar refractivity (Wildman–Crippen MR) is 77.5 cm³/mol. The molecule has 0 atom stereocenters. The third kappa shape index (κ3) is 3.73. The molecule has 6 heteroatoms. The van der Waals surface area contributed by atoms with Crippen LogP contribution in [-0.2, 0) is 4.79 Å². The Morgan fingerprint density at radius 1 is 1.37 bits per heavy atom. The molecule has 106 valence electrons. The van der Waals surface area contributed by atoms with Gasteiger partial charge < -0.3 is 10.6 Å². The number of nitrogens with one attached hydrogen (secondary N) is 2. The van der Waals surface area contributed by atoms with Gasteiger partial charge in [0.1, 0.15) is 5.01 Å². The highest BCUT2D eigenvalue weighted by Gasteiger charge is 2.21. The smallest absolute Gasteiger partial charge is 0.229 e. The highest BCUT2D eigenvalue weighted by Crippen LogP contribution is 2.29. The third-order valence-electron chi connectivity index (χ3n) is 3.72. The normalized spacial score (nSPS) is 16.8. The van der Waals surface area contributed by atoms with E-state index in [1.54, 1.807) is 0 Å². The second-order valence-corrected chi connectivity index (χ2v) is 5.98. The summed E-state index contributed by atoms with van der Waals surface area (Å²) in [5, 5.41) is 16.3. The van der Waals surface area contributed by atoms with E-state index >= 15 is 0 Å². The molecule has 1 aromatic rings. The minimum Gasteiger partial charge on any atom is -0.317 e. The third-order valence-corrected chi connectivity index (χ3v) is 4.72. The van der Waals surface area contributed by atoms with Crippen LogP contribution >= 0.6 is 11.3 Å². The Balaban J connectivity index is 1.95. The topological polar surface area (TPSA) is 66.9 Å². The van der Waals surface area contributed by atoms with Crippen molar-refractivity contribution in [2.45, 2.75) is 45.4 Å². The molecular weight excluding hydrogens is 260 g/mol. The van der Waals surface area contributed by atoms with Gasteiger partial charge in [0.15, 0.2) is 0 Å². The van der Waals surface area contributed by atoms with Crippen LogP contribution in [0.4, 0.5) is 5.13 Å². The van der Waals surface area contributed by atoms with Crippen LogP contribution in [0, 0.1) is 5.92 Å². The molecule has 1 aromatic heterocycles. The summed E-state index contributed by atoms with van der Waals surface area (Å²) in [5.41, 5.74) is 0. The average molecular weight is 282 g/mol. The zero-order chi connectivity index (χ0) is 13.7. The van der Waals surface area contributed by atoms with Gasteiger partial charge in [-0.05, 0) is 38.8 Å². The Morgan fingerprint density at radius 3 is 2.68 bits per heavy atom. The van der Waals surface area contributed by atoms with Crippen LogP contribution in [0.15, 0.2) is 0 Å². The van der Waals surface area contributed by atoms with Crippen molar-refractivity contribution < 1.29 is 4.79 Å². The number of hydrogen-bond acceptors (Lipinski definition) is 5. The number of rotatable bonds is 5. The number of aromatic nitrogens is 2. The van der Waals surface area contributed by atoms with Crippen molar-refractivity contribution in [3.05, 3.63) is 5.01 Å². The standard InChI is InChI=1S/C13H22N4OS/c1-3-9(4-2)11(18)15-13-17-16-12(19-13)10-5-7-14-8-6-10/h9-10,14H,3-8H2,1-2H3,(H,15,17,18). The van der Waals surface area contributed by atoms with Crippen molar-refractivity contribution in [1.29, 1.82) is 0 Å². The van der Waals surface area contributed by atoms with Crippen LogP contribution in [0.5, 0.6) is 0 Å². The van der Waals surface area contributed by atoms with E-state index < -0.39 is 0 Å². The number of amides is 1. The lowest BCUT2D eigenvalue weighted by atomic mass is 9.99. The summed E-state index contributed by atoms with van der Waals surface area (Å²) in [7, 11) is 0. The van der Waals surface area contributed by atoms with Crippen LogP contribution < -0.4 is 10.6 Å². The summed E-state index contributed by atoms with van der Waals surface area (Å²) in [6.07, 6.45) is 3.94. The van der Waals surface area contributed by atoms with Gasteiger partial charge >= 0.3 is 0 Å². The number of hydrogen-bond donors (Lipinski definition) is 2. The fourth-order valence-corrected chi connectivity index (χ4v) is 3.30. The molecule has 0 saturated carbocycles. The Labute approximate surface area is 118 Å². The average Bonchev–Trinajstić information content (AvgIpc) is 2.89. The maximum Gasteiger partial charge on any atom is 0.229 e. The molecule has 0 aromatic carbocycles. The largest absolute Gasteiger partial charge is 0.317 e. The van der Waals surface area contributed by atoms with Crippen LogP contribution in [0.2, 0.25) is 0 Å². The van der Waals surface area contributed by atoms with Crippen molar-refractivity contribution in [3.63, 3.8) is 0 Å². The summed E-state index contributed by atoms with van der Waals surface area (Å²) < 4.78 is 0. The Bertz CT molecular complexity index is 411. The Hall–Kier alpha value is -1.01. The van der Waals surface area contributed by atoms with Gasteiger partial charge in [-0.25, -0.2) is 0 Å². The molecule has 5 nitrogen and oxygen atoms in total. The number of nitrogens with zero attached hydrogens (tertiary/aromatic N) is 2. The van der Waals surface area contributed by atoms with Gasteiger partial charge in [-0.2, -0.15) is 0 Å². The van der Waals surface area contributed by atoms with Gasteiger partial charge in [-0.15, -0.1) is 10.2 Å². The molecule has 19 heavy (non-hydrogen) atoms. The van der Waals surface area contributed by atoms with Crippen molar-refractivity contribution in [1.82, 2.24) is 15.5 Å². The van der Waals surface area contributed by atoms with Crippen LogP contribution in [0.3, 0.4) is 0 Å². The minimum absolute atomic E-state index is 0.0676. The van der Waals surface area contributed by atoms with E-state index in [2.05, 4.69) is 20.8 Å². The maximum atomic E-state index is 12.0. The number of carbonyl (C=O) groups excluding carboxylic acids is 1. The summed E-state index contributed by atoms with van der Waals surface area (Å²) in [6.45, 7) is 6.15. The quantitative estimate of drug-likeness (QED) is 0.870. The summed E-state index contributed by atoms with van der Waals surface area (Å²) >= 11 is 1.52. The molecule has 2 rings (SSSR count). The maximum absolute atomic E-state index is 12.0. The summed E-state index contributed by atoms with van der Waals surface area (Å²) in [5.74, 6) is 0.641. The Morgan fingerprint density at radius 2 is 2.05 bits per heavy atom. The van der Waals surface area contributed by atoms with E-state index in [0.29, 0.717) is 11.0 Å². The first-order chi connectivity index (χ1) is 9.24. The zero-order valence-electron chi connectivity index (χ0n) is 11.6. The molecular formula is C13H22N4OS. The van der Waals surface area contributed by atoms with Gasteiger partial charge in [-0.3, -0.25) is 4.79 Å². The second kappa shape index (κ2) is 6.96. The van der Waals surface area contributed by atoms with E-state index in [-0.39, 0.29) is 11.8 Å². The molecule has 1 aliphatic heterocycles. The molecule has 0 unspecified atom stereocenters. The lowest BCUT2D eigenvalue weighted by Gasteiger charge is -2.19. The van der Waals surface area contributed by atoms with Gasteiger partial charge in [-0.1, -0.05) is 25.2 Å². The molecule has 0 spiro atoms. The highest BCUT2D eigenvalue weighted by molar-refractivity contribution is 7.15. The molecule has 1 fully saturated rings. The van der Waals surface area contributed by atoms with Crippen LogP contribution in [-0.4, -0.2) is 29.2 Å². The fourth-order valence-electron chi connectivity index (χ4n) is 2.39. The molecule has 0 radical (unpaired) electrons. The lowest BCUT2D eigenvalue weighted by Crippen LogP contribution is -2.26. The first kappa shape index (κ1) is 14.4. The van der Waals surface area contributed by atoms with Crippen molar-refractivity contribution in [3.8, 4) is 0 Å². The number of anilines is 1. The van der Waals surface area contributed by atoms with Crippen LogP contribution in [0.25, 0.3) is 0 Å². The zero-order valence-corrected chi connectivity index (χ0v) is 12.4. The first-order valence-corrected chi connectivity index (χ1v) is 7.91. The summed E-state index contributed by atoms with van der Waals surface area (Å²) in [6, 6.07) is 0. The van der Waals surface area contributed by atoms with Crippen molar-refractivity contribution in [2.75, 3.05) is 18.4 Å². The molecule has 2 N–H and O–H groups in total. The molecule has 0 bridgehead atoms. The van der Waals surface area contributed by atoms with Gasteiger partial charge in [0, 0.05) is 11.8 Å². The van der Waals surface area contributed by atoms with Crippen molar-refractivity contribution >= 4 is 22.4 Å². The molecule has 1 aliphatic rings. The molecule has 2 heterocycles. The lowest BCUT2D eigenvalue weighted by molar-refractivity contribution is -0.120. The summed E-state index contributed by atoms with van der Waals surface area (Å²) in [4.78, 5) is 12.0. The second-order valence-electron chi connectivity index (χ2n) is 4.97. The predicted octanol–water partition coefficient (Wildman–Crippen LogP) is 2.38. The first-order valence-electron chi connectivity index (χ1n) is 7.09. The molecule has 1 saturated heterocycles. The highest BCUT2D eigenvalue weighted by atomic mass is 32.1. The van der Waals surface area contributed by atoms with E-state index in [0.717, 1.165) is 43.8 Å². The minimum atomic E-state index is 0.0676. The SMILES string of the molecule is CCC(CC)C(=O)Nc1nnc(C2CCNCC2)s1. The molecule has 1 amide bonds. The van der Waals surface area contributed by atoms with Gasteiger partial charge in [0.2, 0.25) is 11.0 Å². The monoisotopic (exact) mass is 282 g/mol. The van der Waals surface area contributed by atoms with E-state index in [4.69, 9.17) is 0 Å². The van der Waals surface area contributed by atoms with E-state index in [1.807, 2.05) is 13.8 Å². The fraction of sp³-hybridized carbons (Fsp3) is 0.769. The van der Waals surface area contributed by atoms with Gasteiger partial charge in [0.25, 0.3) is 0 Å². The van der Waals surface area contributed by atoms with Crippen molar-refractivity contribution in [2.24, 2.45) is 5.92 Å². The number of carbonyl (C=O) groups is 1.